The molecule has 0 heterocycles. The summed E-state index contributed by atoms with van der Waals surface area (Å²) >= 11 is -11.2. The Morgan fingerprint density at radius 3 is 1.65 bits per heavy atom. The summed E-state index contributed by atoms with van der Waals surface area (Å²) in [5, 5.41) is 10.3. The van der Waals surface area contributed by atoms with E-state index in [-0.39, 0.29) is 10.6 Å². The van der Waals surface area contributed by atoms with Crippen molar-refractivity contribution in [2.45, 2.75) is 5.75 Å². The average molecular weight is 434 g/mol. The molecule has 0 saturated carbocycles. The van der Waals surface area contributed by atoms with Crippen LogP contribution in [0.15, 0.2) is 24.3 Å². The average Bonchev–Trinajstić information content (AvgIpc) is 2.12. The molecule has 0 aliphatic heterocycles. The molecule has 3 nitrogen and oxygen atoms in total. The van der Waals surface area contributed by atoms with Crippen LogP contribution in [0.2, 0.25) is 0 Å². The van der Waals surface area contributed by atoms with Gasteiger partial charge in [0.2, 0.25) is 0 Å². The molecule has 0 atom stereocenters. The Balaban J connectivity index is 0.000000441. The fraction of sp³-hybridized carbons (Fsp3) is 0.333. The van der Waals surface area contributed by atoms with E-state index in [1.807, 2.05) is 12.1 Å². The zero-order chi connectivity index (χ0) is 16.3. The Bertz CT molecular complexity index is 461. The second-order valence-electron chi connectivity index (χ2n) is 4.01. The summed E-state index contributed by atoms with van der Waals surface area (Å²) in [5.41, 5.74) is 1.33. The van der Waals surface area contributed by atoms with E-state index in [9.17, 15) is 27.0 Å². The minimum atomic E-state index is -11.2. The van der Waals surface area contributed by atoms with Crippen molar-refractivity contribution in [3.8, 4) is 0 Å². The molecule has 0 unspecified atom stereocenters. The van der Waals surface area contributed by atoms with Crippen LogP contribution in [-0.2, 0) is 16.6 Å². The quantitative estimate of drug-likeness (QED) is 0.236. The van der Waals surface area contributed by atoms with Gasteiger partial charge in [-0.15, -0.1) is 0 Å². The Kier molecular flexibility index (Phi) is 5.45. The molecule has 0 aliphatic rings. The van der Waals surface area contributed by atoms with Gasteiger partial charge in [-0.25, -0.2) is 0 Å². The SMILES string of the molecule is C[S+](C)Cc1ccc([N+](=O)[O-])cc1.[F][Sb-]([F])([F])([F])([F])[F]. The van der Waals surface area contributed by atoms with E-state index in [0.717, 1.165) is 5.75 Å². The molecule has 0 bridgehead atoms. The third kappa shape index (κ3) is 15.4. The molecular formula is C9H12F6NO2SSb. The first-order valence-corrected chi connectivity index (χ1v) is 12.9. The van der Waals surface area contributed by atoms with E-state index >= 15 is 0 Å². The van der Waals surface area contributed by atoms with Crippen molar-refractivity contribution in [2.24, 2.45) is 0 Å². The van der Waals surface area contributed by atoms with Crippen LogP contribution in [0.25, 0.3) is 0 Å². The zero-order valence-electron chi connectivity index (χ0n) is 10.4. The molecule has 0 saturated heterocycles. The van der Waals surface area contributed by atoms with Gasteiger partial charge in [0.15, 0.2) is 0 Å². The van der Waals surface area contributed by atoms with Gasteiger partial charge in [-0.3, -0.25) is 10.1 Å². The molecule has 0 fully saturated rings. The minimum absolute atomic E-state index is 0.163. The van der Waals surface area contributed by atoms with Crippen molar-refractivity contribution in [3.63, 3.8) is 0 Å². The molecule has 118 valence electrons. The van der Waals surface area contributed by atoms with E-state index in [0.29, 0.717) is 10.9 Å². The maximum atomic E-state index is 10.3. The van der Waals surface area contributed by atoms with Crippen LogP contribution < -0.4 is 0 Å². The molecule has 0 aromatic heterocycles. The molecule has 0 radical (unpaired) electrons. The van der Waals surface area contributed by atoms with Crippen LogP contribution in [-0.4, -0.2) is 36.9 Å². The molecule has 0 spiro atoms. The standard InChI is InChI=1S/C9H12NO2S.6FH.Sb/c1-13(2)7-8-3-5-9(6-4-8)10(11)12;;;;;;;/h3-6H,7H2,1-2H3;6*1H;/q+1;;;;;;;+5/p-6. The summed E-state index contributed by atoms with van der Waals surface area (Å²) in [4.78, 5) is 9.97. The number of nitrogens with zero attached hydrogens (tertiary/aromatic N) is 1. The molecule has 20 heavy (non-hydrogen) atoms. The zero-order valence-corrected chi connectivity index (χ0v) is 13.8. The Labute approximate surface area is 116 Å². The number of halogens is 6. The van der Waals surface area contributed by atoms with Crippen molar-refractivity contribution in [2.75, 3.05) is 12.5 Å². The molecule has 0 amide bonds. The molecule has 1 aromatic carbocycles. The number of hydrogen-bond donors (Lipinski definition) is 0. The fourth-order valence-electron chi connectivity index (χ4n) is 1.05. The van der Waals surface area contributed by atoms with E-state index in [1.54, 1.807) is 12.1 Å². The van der Waals surface area contributed by atoms with Crippen LogP contribution in [0, 0.1) is 10.1 Å². The van der Waals surface area contributed by atoms with Gasteiger partial charge in [0.05, 0.1) is 17.4 Å². The Hall–Kier alpha value is -0.632. The summed E-state index contributed by atoms with van der Waals surface area (Å²) in [6.45, 7) is 0. The van der Waals surface area contributed by atoms with Gasteiger partial charge >= 0.3 is 36.4 Å². The van der Waals surface area contributed by atoms with Crippen LogP contribution >= 0.6 is 0 Å². The summed E-state index contributed by atoms with van der Waals surface area (Å²) in [6.07, 6.45) is 4.31. The van der Waals surface area contributed by atoms with Crippen LogP contribution in [0.4, 0.5) is 22.6 Å². The second-order valence-corrected chi connectivity index (χ2v) is 11.7. The normalized spacial score (nSPS) is 14.8. The topological polar surface area (TPSA) is 43.1 Å². The van der Waals surface area contributed by atoms with Gasteiger partial charge in [-0.05, 0) is 23.0 Å². The van der Waals surface area contributed by atoms with Gasteiger partial charge in [0.25, 0.3) is 5.69 Å². The molecule has 1 rings (SSSR count). The first kappa shape index (κ1) is 19.4. The molecule has 11 heteroatoms. The van der Waals surface area contributed by atoms with Crippen molar-refractivity contribution in [1.82, 2.24) is 0 Å². The predicted octanol–water partition coefficient (Wildman–Crippen LogP) is 4.11. The first-order valence-electron chi connectivity index (χ1n) is 4.88. The summed E-state index contributed by atoms with van der Waals surface area (Å²) in [6, 6.07) is 6.76. The van der Waals surface area contributed by atoms with Gasteiger partial charge in [0, 0.05) is 17.7 Å². The van der Waals surface area contributed by atoms with E-state index < -0.39 is 19.5 Å². The Morgan fingerprint density at radius 2 is 1.40 bits per heavy atom. The van der Waals surface area contributed by atoms with E-state index in [4.69, 9.17) is 0 Å². The summed E-state index contributed by atoms with van der Waals surface area (Å²) in [5.74, 6) is 0.998. The monoisotopic (exact) mass is 433 g/mol. The first-order chi connectivity index (χ1) is 8.54. The van der Waals surface area contributed by atoms with Crippen molar-refractivity contribution in [1.29, 1.82) is 0 Å². The number of nitro benzene ring substituents is 1. The third-order valence-electron chi connectivity index (χ3n) is 1.60. The predicted molar refractivity (Wildman–Crippen MR) is 68.4 cm³/mol. The number of benzene rings is 1. The van der Waals surface area contributed by atoms with E-state index in [2.05, 4.69) is 12.5 Å². The molecular weight excluding hydrogens is 422 g/mol. The second kappa shape index (κ2) is 5.63. The number of non-ortho nitro benzene ring substituents is 1. The number of rotatable bonds is 3. The summed E-state index contributed by atoms with van der Waals surface area (Å²) < 4.78 is 59.6. The molecule has 0 N–H and O–H groups in total. The van der Waals surface area contributed by atoms with Crippen molar-refractivity contribution in [3.05, 3.63) is 39.9 Å². The van der Waals surface area contributed by atoms with Gasteiger partial charge in [-0.1, -0.05) is 0 Å². The van der Waals surface area contributed by atoms with Crippen molar-refractivity contribution < 1.29 is 21.8 Å². The molecule has 0 aliphatic carbocycles. The number of hydrogen-bond acceptors (Lipinski definition) is 2. The third-order valence-corrected chi connectivity index (χ3v) is 2.51. The summed E-state index contributed by atoms with van der Waals surface area (Å²) in [7, 11) is 0.346. The van der Waals surface area contributed by atoms with Crippen molar-refractivity contribution >= 4 is 36.1 Å². The van der Waals surface area contributed by atoms with Crippen LogP contribution in [0.3, 0.4) is 0 Å². The van der Waals surface area contributed by atoms with Crippen LogP contribution in [0.1, 0.15) is 5.56 Å². The molecule has 1 aromatic rings. The maximum absolute atomic E-state index is 11.2. The Morgan fingerprint density at radius 1 is 1.05 bits per heavy atom. The number of nitro groups is 1. The van der Waals surface area contributed by atoms with Gasteiger partial charge in [-0.2, -0.15) is 0 Å². The van der Waals surface area contributed by atoms with Gasteiger partial charge < -0.3 is 0 Å². The van der Waals surface area contributed by atoms with Crippen LogP contribution in [0.5, 0.6) is 0 Å². The van der Waals surface area contributed by atoms with E-state index in [1.165, 1.54) is 5.56 Å². The fourth-order valence-corrected chi connectivity index (χ4v) is 1.91. The van der Waals surface area contributed by atoms with Gasteiger partial charge in [0.1, 0.15) is 5.75 Å².